The second-order valence-electron chi connectivity index (χ2n) is 3.92. The average molecular weight is 232 g/mol. The van der Waals surface area contributed by atoms with Crippen molar-refractivity contribution in [1.82, 2.24) is 14.8 Å². The molecule has 0 aliphatic rings. The third-order valence-electron chi connectivity index (χ3n) is 2.57. The van der Waals surface area contributed by atoms with Gasteiger partial charge in [-0.25, -0.2) is 4.98 Å². The highest BCUT2D eigenvalue weighted by Crippen LogP contribution is 2.23. The summed E-state index contributed by atoms with van der Waals surface area (Å²) in [5.41, 5.74) is 6.88. The van der Waals surface area contributed by atoms with Gasteiger partial charge in [-0.1, -0.05) is 18.2 Å². The summed E-state index contributed by atoms with van der Waals surface area (Å²) in [6.45, 7) is 2.32. The number of nitrogens with two attached hydrogens (primary N) is 1. The van der Waals surface area contributed by atoms with Crippen LogP contribution in [0.4, 0.5) is 0 Å². The lowest BCUT2D eigenvalue weighted by molar-refractivity contribution is 0.285. The number of benzene rings is 1. The Hall–Kier alpha value is -1.88. The molecule has 5 nitrogen and oxygen atoms in total. The first-order chi connectivity index (χ1) is 8.18. The van der Waals surface area contributed by atoms with Crippen molar-refractivity contribution in [3.63, 3.8) is 0 Å². The van der Waals surface area contributed by atoms with E-state index < -0.39 is 0 Å². The molecule has 0 saturated heterocycles. The number of aromatic nitrogens is 3. The van der Waals surface area contributed by atoms with Gasteiger partial charge < -0.3 is 10.5 Å². The summed E-state index contributed by atoms with van der Waals surface area (Å²) in [7, 11) is 1.84. The first kappa shape index (κ1) is 11.6. The summed E-state index contributed by atoms with van der Waals surface area (Å²) in [5, 5.41) is 3.99. The third-order valence-corrected chi connectivity index (χ3v) is 2.57. The van der Waals surface area contributed by atoms with E-state index in [-0.39, 0.29) is 6.04 Å². The summed E-state index contributed by atoms with van der Waals surface area (Å²) < 4.78 is 7.41. The Morgan fingerprint density at radius 1 is 1.41 bits per heavy atom. The molecule has 0 saturated carbocycles. The lowest BCUT2D eigenvalue weighted by atomic mass is 10.1. The first-order valence-electron chi connectivity index (χ1n) is 5.48. The minimum atomic E-state index is -0.0503. The Kier molecular flexibility index (Phi) is 3.39. The molecule has 0 radical (unpaired) electrons. The average Bonchev–Trinajstić information content (AvgIpc) is 2.72. The monoisotopic (exact) mass is 232 g/mol. The fourth-order valence-electron chi connectivity index (χ4n) is 1.58. The third kappa shape index (κ3) is 2.62. The van der Waals surface area contributed by atoms with Crippen molar-refractivity contribution in [2.45, 2.75) is 19.6 Å². The maximum absolute atomic E-state index is 5.88. The lowest BCUT2D eigenvalue weighted by Gasteiger charge is -2.13. The SMILES string of the molecule is CC(N)c1ccccc1OCc1ncnn1C. The molecule has 5 heteroatoms. The van der Waals surface area contributed by atoms with Gasteiger partial charge >= 0.3 is 0 Å². The van der Waals surface area contributed by atoms with Gasteiger partial charge in [0.05, 0.1) is 0 Å². The number of hydrogen-bond donors (Lipinski definition) is 1. The van der Waals surface area contributed by atoms with Crippen molar-refractivity contribution in [3.05, 3.63) is 42.0 Å². The van der Waals surface area contributed by atoms with Gasteiger partial charge in [-0.05, 0) is 13.0 Å². The van der Waals surface area contributed by atoms with E-state index in [2.05, 4.69) is 10.1 Å². The lowest BCUT2D eigenvalue weighted by Crippen LogP contribution is -2.09. The van der Waals surface area contributed by atoms with Gasteiger partial charge in [-0.15, -0.1) is 0 Å². The molecule has 0 fully saturated rings. The van der Waals surface area contributed by atoms with Crippen molar-refractivity contribution in [2.24, 2.45) is 12.8 Å². The van der Waals surface area contributed by atoms with Crippen LogP contribution in [-0.4, -0.2) is 14.8 Å². The summed E-state index contributed by atoms with van der Waals surface area (Å²) in [6.07, 6.45) is 1.51. The number of ether oxygens (including phenoxy) is 1. The highest BCUT2D eigenvalue weighted by Gasteiger charge is 2.08. The molecule has 0 aliphatic carbocycles. The maximum Gasteiger partial charge on any atom is 0.164 e. The van der Waals surface area contributed by atoms with E-state index in [1.165, 1.54) is 6.33 Å². The van der Waals surface area contributed by atoms with Crippen molar-refractivity contribution in [3.8, 4) is 5.75 Å². The molecule has 1 heterocycles. The van der Waals surface area contributed by atoms with Crippen LogP contribution >= 0.6 is 0 Å². The zero-order chi connectivity index (χ0) is 12.3. The maximum atomic E-state index is 5.88. The summed E-state index contributed by atoms with van der Waals surface area (Å²) in [5.74, 6) is 1.58. The van der Waals surface area contributed by atoms with E-state index in [9.17, 15) is 0 Å². The van der Waals surface area contributed by atoms with E-state index in [0.29, 0.717) is 6.61 Å². The number of para-hydroxylation sites is 1. The number of rotatable bonds is 4. The molecular formula is C12H16N4O. The standard InChI is InChI=1S/C12H16N4O/c1-9(13)10-5-3-4-6-11(10)17-7-12-14-8-15-16(12)2/h3-6,8-9H,7,13H2,1-2H3. The van der Waals surface area contributed by atoms with Crippen LogP contribution in [0.5, 0.6) is 5.75 Å². The molecule has 0 bridgehead atoms. The van der Waals surface area contributed by atoms with E-state index in [0.717, 1.165) is 17.1 Å². The predicted molar refractivity (Wildman–Crippen MR) is 64.4 cm³/mol. The van der Waals surface area contributed by atoms with E-state index in [1.807, 2.05) is 38.2 Å². The van der Waals surface area contributed by atoms with Gasteiger partial charge in [0.2, 0.25) is 0 Å². The fourth-order valence-corrected chi connectivity index (χ4v) is 1.58. The van der Waals surface area contributed by atoms with E-state index >= 15 is 0 Å². The van der Waals surface area contributed by atoms with Crippen LogP contribution in [-0.2, 0) is 13.7 Å². The Bertz CT molecular complexity index is 493. The molecular weight excluding hydrogens is 216 g/mol. The van der Waals surface area contributed by atoms with Crippen LogP contribution in [0.1, 0.15) is 24.4 Å². The van der Waals surface area contributed by atoms with Crippen molar-refractivity contribution in [2.75, 3.05) is 0 Å². The van der Waals surface area contributed by atoms with Gasteiger partial charge in [0.15, 0.2) is 5.82 Å². The molecule has 1 aromatic heterocycles. The van der Waals surface area contributed by atoms with Crippen LogP contribution in [0.3, 0.4) is 0 Å². The molecule has 2 aromatic rings. The highest BCUT2D eigenvalue weighted by atomic mass is 16.5. The quantitative estimate of drug-likeness (QED) is 0.865. The molecule has 1 unspecified atom stereocenters. The smallest absolute Gasteiger partial charge is 0.164 e. The fraction of sp³-hybridized carbons (Fsp3) is 0.333. The van der Waals surface area contributed by atoms with Crippen LogP contribution in [0.15, 0.2) is 30.6 Å². The molecule has 1 aromatic carbocycles. The molecule has 0 aliphatic heterocycles. The van der Waals surface area contributed by atoms with Crippen LogP contribution in [0.25, 0.3) is 0 Å². The second-order valence-corrected chi connectivity index (χ2v) is 3.92. The largest absolute Gasteiger partial charge is 0.485 e. The van der Waals surface area contributed by atoms with E-state index in [1.54, 1.807) is 4.68 Å². The zero-order valence-electron chi connectivity index (χ0n) is 10.00. The van der Waals surface area contributed by atoms with Gasteiger partial charge in [-0.3, -0.25) is 4.68 Å². The molecule has 2 rings (SSSR count). The van der Waals surface area contributed by atoms with Crippen molar-refractivity contribution >= 4 is 0 Å². The minimum absolute atomic E-state index is 0.0503. The summed E-state index contributed by atoms with van der Waals surface area (Å²) in [6, 6.07) is 7.71. The van der Waals surface area contributed by atoms with Gasteiger partial charge in [-0.2, -0.15) is 5.10 Å². The van der Waals surface area contributed by atoms with Gasteiger partial charge in [0.25, 0.3) is 0 Å². The van der Waals surface area contributed by atoms with Gasteiger partial charge in [0.1, 0.15) is 18.7 Å². The molecule has 90 valence electrons. The van der Waals surface area contributed by atoms with Gasteiger partial charge in [0, 0.05) is 18.7 Å². The predicted octanol–water partition coefficient (Wildman–Crippen LogP) is 1.41. The number of nitrogens with zero attached hydrogens (tertiary/aromatic N) is 3. The zero-order valence-corrected chi connectivity index (χ0v) is 10.00. The molecule has 17 heavy (non-hydrogen) atoms. The number of aryl methyl sites for hydroxylation is 1. The first-order valence-corrected chi connectivity index (χ1v) is 5.48. The Morgan fingerprint density at radius 3 is 2.82 bits per heavy atom. The molecule has 2 N–H and O–H groups in total. The highest BCUT2D eigenvalue weighted by molar-refractivity contribution is 5.35. The Labute approximate surface area is 100 Å². The van der Waals surface area contributed by atoms with Crippen molar-refractivity contribution in [1.29, 1.82) is 0 Å². The Morgan fingerprint density at radius 2 is 2.18 bits per heavy atom. The normalized spacial score (nSPS) is 12.4. The van der Waals surface area contributed by atoms with Crippen LogP contribution in [0.2, 0.25) is 0 Å². The molecule has 1 atom stereocenters. The summed E-state index contributed by atoms with van der Waals surface area (Å²) in [4.78, 5) is 4.10. The van der Waals surface area contributed by atoms with Crippen molar-refractivity contribution < 1.29 is 4.74 Å². The van der Waals surface area contributed by atoms with Crippen LogP contribution in [0, 0.1) is 0 Å². The molecule has 0 spiro atoms. The number of hydrogen-bond acceptors (Lipinski definition) is 4. The topological polar surface area (TPSA) is 66.0 Å². The van der Waals surface area contributed by atoms with Crippen LogP contribution < -0.4 is 10.5 Å². The second kappa shape index (κ2) is 4.97. The molecule has 0 amide bonds. The van der Waals surface area contributed by atoms with E-state index in [4.69, 9.17) is 10.5 Å². The Balaban J connectivity index is 2.11. The summed E-state index contributed by atoms with van der Waals surface area (Å²) >= 11 is 0. The minimum Gasteiger partial charge on any atom is -0.485 e.